The zero-order valence-corrected chi connectivity index (χ0v) is 28.2. The minimum absolute atomic E-state index is 0.0299. The molecule has 0 heterocycles. The van der Waals surface area contributed by atoms with Gasteiger partial charge in [0.1, 0.15) is 19.3 Å². The molecule has 0 aliphatic carbocycles. The van der Waals surface area contributed by atoms with Crippen molar-refractivity contribution in [2.24, 2.45) is 0 Å². The maximum absolute atomic E-state index is 12.0. The molecule has 0 aliphatic rings. The molecule has 1 amide bonds. The molecule has 0 aromatic heterocycles. The second kappa shape index (κ2) is 26.8. The van der Waals surface area contributed by atoms with Crippen molar-refractivity contribution in [2.45, 2.75) is 90.4 Å². The van der Waals surface area contributed by atoms with Gasteiger partial charge in [-0.1, -0.05) is 68.4 Å². The van der Waals surface area contributed by atoms with Crippen molar-refractivity contribution in [2.75, 3.05) is 60.7 Å². The Kier molecular flexibility index (Phi) is 25.7. The number of allylic oxidation sites excluding steroid dienone is 8. The SMILES string of the molecule is CCCCC/C=C\C/C=C\C/C=C\C/C=C\CCCC(=O)NCCOC(C)OCC(O)COP(=O)(O)OCC[N+](C)(C)C. The molecule has 0 rings (SSSR count). The summed E-state index contributed by atoms with van der Waals surface area (Å²) in [5.41, 5.74) is 0. The van der Waals surface area contributed by atoms with E-state index in [1.54, 1.807) is 6.92 Å². The molecule has 0 fully saturated rings. The van der Waals surface area contributed by atoms with Gasteiger partial charge in [-0.05, 0) is 51.9 Å². The van der Waals surface area contributed by atoms with Crippen molar-refractivity contribution < 1.29 is 42.4 Å². The van der Waals surface area contributed by atoms with Crippen LogP contribution in [-0.4, -0.2) is 93.4 Å². The Morgan fingerprint density at radius 2 is 1.42 bits per heavy atom. The molecule has 0 aliphatic heterocycles. The fourth-order valence-electron chi connectivity index (χ4n) is 3.44. The van der Waals surface area contributed by atoms with Crippen LogP contribution in [0.2, 0.25) is 0 Å². The minimum atomic E-state index is -4.24. The smallest absolute Gasteiger partial charge is 0.388 e. The largest absolute Gasteiger partial charge is 0.472 e. The maximum atomic E-state index is 12.0. The molecule has 0 saturated carbocycles. The Hall–Kier alpha value is -1.62. The van der Waals surface area contributed by atoms with E-state index in [4.69, 9.17) is 18.5 Å². The molecule has 43 heavy (non-hydrogen) atoms. The average Bonchev–Trinajstić information content (AvgIpc) is 2.94. The molecule has 3 atom stereocenters. The van der Waals surface area contributed by atoms with Crippen LogP contribution in [-0.2, 0) is 27.9 Å². The van der Waals surface area contributed by atoms with Crippen molar-refractivity contribution in [1.29, 1.82) is 0 Å². The molecular weight excluding hydrogens is 571 g/mol. The van der Waals surface area contributed by atoms with Gasteiger partial charge in [0.2, 0.25) is 5.91 Å². The number of nitrogens with one attached hydrogen (secondary N) is 1. The number of phosphoric ester groups is 1. The van der Waals surface area contributed by atoms with Crippen LogP contribution >= 0.6 is 7.82 Å². The lowest BCUT2D eigenvalue weighted by molar-refractivity contribution is -0.870. The van der Waals surface area contributed by atoms with Gasteiger partial charge in [-0.3, -0.25) is 13.8 Å². The van der Waals surface area contributed by atoms with E-state index < -0.39 is 26.8 Å². The van der Waals surface area contributed by atoms with E-state index in [0.29, 0.717) is 24.0 Å². The summed E-state index contributed by atoms with van der Waals surface area (Å²) >= 11 is 0. The van der Waals surface area contributed by atoms with E-state index in [-0.39, 0.29) is 25.7 Å². The zero-order chi connectivity index (χ0) is 32.2. The molecule has 0 aromatic rings. The zero-order valence-electron chi connectivity index (χ0n) is 27.3. The van der Waals surface area contributed by atoms with Gasteiger partial charge in [0, 0.05) is 13.0 Å². The molecule has 10 nitrogen and oxygen atoms in total. The van der Waals surface area contributed by atoms with Crippen LogP contribution in [0.3, 0.4) is 0 Å². The van der Waals surface area contributed by atoms with Crippen LogP contribution in [0, 0.1) is 0 Å². The van der Waals surface area contributed by atoms with E-state index in [2.05, 4.69) is 60.8 Å². The Balaban J connectivity index is 3.73. The number of rotatable bonds is 28. The monoisotopic (exact) mass is 631 g/mol. The van der Waals surface area contributed by atoms with E-state index in [1.165, 1.54) is 25.7 Å². The van der Waals surface area contributed by atoms with Crippen LogP contribution in [0.25, 0.3) is 0 Å². The molecular formula is C32H60N2O8P+. The third-order valence-electron chi connectivity index (χ3n) is 5.98. The first-order chi connectivity index (χ1) is 20.4. The fraction of sp³-hybridized carbons (Fsp3) is 0.719. The summed E-state index contributed by atoms with van der Waals surface area (Å²) in [6, 6.07) is 0. The summed E-state index contributed by atoms with van der Waals surface area (Å²) in [6.07, 6.45) is 25.7. The van der Waals surface area contributed by atoms with Gasteiger partial charge in [-0.2, -0.15) is 0 Å². The maximum Gasteiger partial charge on any atom is 0.472 e. The second-order valence-electron chi connectivity index (χ2n) is 11.4. The van der Waals surface area contributed by atoms with Gasteiger partial charge >= 0.3 is 7.82 Å². The number of hydrogen-bond donors (Lipinski definition) is 3. The van der Waals surface area contributed by atoms with E-state index >= 15 is 0 Å². The number of aliphatic hydroxyl groups is 1. The lowest BCUT2D eigenvalue weighted by Crippen LogP contribution is -2.37. The highest BCUT2D eigenvalue weighted by Crippen LogP contribution is 2.43. The van der Waals surface area contributed by atoms with Crippen molar-refractivity contribution >= 4 is 13.7 Å². The first-order valence-electron chi connectivity index (χ1n) is 15.7. The summed E-state index contributed by atoms with van der Waals surface area (Å²) in [7, 11) is 1.55. The third-order valence-corrected chi connectivity index (χ3v) is 6.96. The topological polar surface area (TPSA) is 124 Å². The van der Waals surface area contributed by atoms with Crippen LogP contribution in [0.4, 0.5) is 0 Å². The van der Waals surface area contributed by atoms with E-state index in [9.17, 15) is 19.4 Å². The third kappa shape index (κ3) is 31.6. The van der Waals surface area contributed by atoms with Crippen molar-refractivity contribution in [1.82, 2.24) is 5.32 Å². The van der Waals surface area contributed by atoms with Crippen LogP contribution < -0.4 is 5.32 Å². The van der Waals surface area contributed by atoms with Crippen LogP contribution in [0.5, 0.6) is 0 Å². The Labute approximate surface area is 261 Å². The summed E-state index contributed by atoms with van der Waals surface area (Å²) in [6.45, 7) is 4.50. The standard InChI is InChI=1S/C32H59N2O8P/c1-6-7-8-9-10-11-12-13-14-15-16-17-18-19-20-21-22-23-32(36)33-24-26-39-30(2)40-28-31(35)29-42-43(37,38)41-27-25-34(3,4)5/h10-11,13-14,16-17,19-20,30-31,35H,6-9,12,15,18,21-29H2,1-5H3,(H-,33,36,37,38)/p+1/b11-10-,14-13-,17-16-,20-19-. The number of hydrogen-bond acceptors (Lipinski definition) is 7. The summed E-state index contributed by atoms with van der Waals surface area (Å²) in [5.74, 6) is -0.0299. The first-order valence-corrected chi connectivity index (χ1v) is 17.1. The highest BCUT2D eigenvalue weighted by atomic mass is 31.2. The summed E-state index contributed by atoms with van der Waals surface area (Å²) < 4.78 is 33.0. The quantitative estimate of drug-likeness (QED) is 0.0324. The molecule has 250 valence electrons. The Morgan fingerprint density at radius 1 is 0.837 bits per heavy atom. The molecule has 11 heteroatoms. The number of carbonyl (C=O) groups is 1. The van der Waals surface area contributed by atoms with Gasteiger partial charge in [-0.25, -0.2) is 4.57 Å². The molecule has 3 unspecified atom stereocenters. The Bertz CT molecular complexity index is 855. The number of nitrogens with zero attached hydrogens (tertiary/aromatic N) is 1. The number of phosphoric acid groups is 1. The normalized spacial score (nSPS) is 15.6. The predicted molar refractivity (Wildman–Crippen MR) is 173 cm³/mol. The van der Waals surface area contributed by atoms with Crippen molar-refractivity contribution in [3.05, 3.63) is 48.6 Å². The highest BCUT2D eigenvalue weighted by molar-refractivity contribution is 7.47. The lowest BCUT2D eigenvalue weighted by atomic mass is 10.2. The van der Waals surface area contributed by atoms with Gasteiger partial charge in [0.15, 0.2) is 6.29 Å². The number of aliphatic hydroxyl groups excluding tert-OH is 1. The number of amides is 1. The summed E-state index contributed by atoms with van der Waals surface area (Å²) in [5, 5.41) is 12.7. The molecule has 0 saturated heterocycles. The number of ether oxygens (including phenoxy) is 2. The second-order valence-corrected chi connectivity index (χ2v) is 12.8. The highest BCUT2D eigenvalue weighted by Gasteiger charge is 2.24. The average molecular weight is 632 g/mol. The van der Waals surface area contributed by atoms with Crippen molar-refractivity contribution in [3.8, 4) is 0 Å². The number of unbranched alkanes of at least 4 members (excludes halogenated alkanes) is 4. The van der Waals surface area contributed by atoms with Gasteiger partial charge < -0.3 is 29.3 Å². The van der Waals surface area contributed by atoms with Gasteiger partial charge in [-0.15, -0.1) is 0 Å². The fourth-order valence-corrected chi connectivity index (χ4v) is 4.18. The van der Waals surface area contributed by atoms with E-state index in [0.717, 1.165) is 32.1 Å². The molecule has 0 aromatic carbocycles. The summed E-state index contributed by atoms with van der Waals surface area (Å²) in [4.78, 5) is 21.7. The van der Waals surface area contributed by atoms with E-state index in [1.807, 2.05) is 21.1 Å². The molecule has 3 N–H and O–H groups in total. The van der Waals surface area contributed by atoms with Crippen LogP contribution in [0.15, 0.2) is 48.6 Å². The van der Waals surface area contributed by atoms with Crippen molar-refractivity contribution in [3.63, 3.8) is 0 Å². The van der Waals surface area contributed by atoms with Gasteiger partial charge in [0.25, 0.3) is 0 Å². The lowest BCUT2D eigenvalue weighted by Gasteiger charge is -2.24. The number of quaternary nitrogens is 1. The first kappa shape index (κ1) is 41.4. The predicted octanol–water partition coefficient (Wildman–Crippen LogP) is 5.83. The van der Waals surface area contributed by atoms with Crippen LogP contribution in [0.1, 0.15) is 78.1 Å². The molecule has 0 bridgehead atoms. The molecule has 0 radical (unpaired) electrons. The minimum Gasteiger partial charge on any atom is -0.388 e. The number of likely N-dealkylation sites (N-methyl/N-ethyl adjacent to an activating group) is 1. The van der Waals surface area contributed by atoms with Gasteiger partial charge in [0.05, 0.1) is 41.0 Å². The number of carbonyl (C=O) groups excluding carboxylic acids is 1. The molecule has 0 spiro atoms. The Morgan fingerprint density at radius 3 is 2.00 bits per heavy atom.